The van der Waals surface area contributed by atoms with Crippen LogP contribution in [0.5, 0.6) is 11.5 Å². The molecule has 11 heteroatoms. The van der Waals surface area contributed by atoms with E-state index in [9.17, 15) is 14.7 Å². The first kappa shape index (κ1) is 41.0. The van der Waals surface area contributed by atoms with Crippen LogP contribution in [0, 0.1) is 5.92 Å². The van der Waals surface area contributed by atoms with Gasteiger partial charge in [-0.2, -0.15) is 0 Å². The predicted octanol–water partition coefficient (Wildman–Crippen LogP) is 7.49. The lowest BCUT2D eigenvalue weighted by Gasteiger charge is -2.37. The first-order valence-electron chi connectivity index (χ1n) is 20.7. The summed E-state index contributed by atoms with van der Waals surface area (Å²) in [7, 11) is 0.692. The molecule has 4 atom stereocenters. The molecule has 0 aromatic heterocycles. The van der Waals surface area contributed by atoms with Gasteiger partial charge in [0.05, 0.1) is 59.3 Å². The second kappa shape index (κ2) is 16.7. The van der Waals surface area contributed by atoms with Crippen molar-refractivity contribution in [1.82, 2.24) is 4.90 Å². The van der Waals surface area contributed by atoms with E-state index in [4.69, 9.17) is 14.2 Å². The predicted molar refractivity (Wildman–Crippen MR) is 236 cm³/mol. The molecule has 0 aliphatic carbocycles. The van der Waals surface area contributed by atoms with Crippen molar-refractivity contribution in [3.8, 4) is 11.5 Å². The molecule has 5 aromatic rings. The third kappa shape index (κ3) is 7.28. The van der Waals surface area contributed by atoms with Crippen LogP contribution in [0.3, 0.4) is 0 Å². The highest BCUT2D eigenvalue weighted by molar-refractivity contribution is 6.91. The van der Waals surface area contributed by atoms with Crippen molar-refractivity contribution in [1.29, 1.82) is 0 Å². The van der Waals surface area contributed by atoms with E-state index >= 15 is 4.79 Å². The van der Waals surface area contributed by atoms with Gasteiger partial charge in [-0.3, -0.25) is 19.3 Å². The van der Waals surface area contributed by atoms with Crippen molar-refractivity contribution in [2.24, 2.45) is 5.92 Å². The van der Waals surface area contributed by atoms with Crippen LogP contribution in [0.25, 0.3) is 0 Å². The van der Waals surface area contributed by atoms with Crippen molar-refractivity contribution in [2.45, 2.75) is 69.6 Å². The smallest absolute Gasteiger partial charge is 0.264 e. The fourth-order valence-electron chi connectivity index (χ4n) is 9.98. The molecule has 0 bridgehead atoms. The maximum Gasteiger partial charge on any atom is 0.264 e. The Morgan fingerprint density at radius 2 is 1.53 bits per heavy atom. The zero-order chi connectivity index (χ0) is 42.2. The van der Waals surface area contributed by atoms with E-state index in [0.717, 1.165) is 44.7 Å². The molecule has 1 N–H and O–H groups in total. The highest BCUT2D eigenvalue weighted by atomic mass is 28.3. The van der Waals surface area contributed by atoms with E-state index in [1.54, 1.807) is 28.9 Å². The lowest BCUT2D eigenvalue weighted by Crippen LogP contribution is -2.52. The average molecular weight is 824 g/mol. The van der Waals surface area contributed by atoms with Gasteiger partial charge in [0.2, 0.25) is 11.8 Å². The van der Waals surface area contributed by atoms with Crippen molar-refractivity contribution in [3.05, 3.63) is 144 Å². The number of carbonyl (C=O) groups excluding carboxylic acids is 3. The molecule has 0 saturated carbocycles. The fourth-order valence-corrected chi connectivity index (χ4v) is 14.0. The molecular formula is C49H53N3O7Si. The van der Waals surface area contributed by atoms with Gasteiger partial charge in [0, 0.05) is 36.7 Å². The first-order chi connectivity index (χ1) is 29.0. The second-order valence-corrected chi connectivity index (χ2v) is 21.4. The number of aliphatic hydroxyl groups is 1. The van der Waals surface area contributed by atoms with Gasteiger partial charge in [0.15, 0.2) is 5.60 Å². The van der Waals surface area contributed by atoms with E-state index in [1.165, 1.54) is 0 Å². The zero-order valence-electron chi connectivity index (χ0n) is 35.0. The number of aryl methyl sites for hydroxylation is 1. The van der Waals surface area contributed by atoms with E-state index in [0.29, 0.717) is 30.7 Å². The molecule has 0 radical (unpaired) electrons. The summed E-state index contributed by atoms with van der Waals surface area (Å²) in [6.07, 6.45) is 0.538. The number of aliphatic hydroxyl groups excluding tert-OH is 1. The summed E-state index contributed by atoms with van der Waals surface area (Å²) in [5.74, 6) is 0.691. The molecule has 1 fully saturated rings. The van der Waals surface area contributed by atoms with E-state index in [2.05, 4.69) is 38.2 Å². The Hall–Kier alpha value is -5.75. The van der Waals surface area contributed by atoms with Crippen LogP contribution < -0.4 is 24.5 Å². The minimum Gasteiger partial charge on any atom is -0.497 e. The summed E-state index contributed by atoms with van der Waals surface area (Å²) in [6, 6.07) is 39.4. The van der Waals surface area contributed by atoms with Crippen LogP contribution in [0.1, 0.15) is 42.0 Å². The maximum absolute atomic E-state index is 15.6. The van der Waals surface area contributed by atoms with E-state index in [-0.39, 0.29) is 55.3 Å². The topological polar surface area (TPSA) is 109 Å². The summed E-state index contributed by atoms with van der Waals surface area (Å²) in [4.78, 5) is 48.7. The number of fused-ring (bicyclic) bond motifs is 3. The van der Waals surface area contributed by atoms with Gasteiger partial charge in [-0.05, 0) is 77.2 Å². The number of amides is 3. The number of anilines is 3. The van der Waals surface area contributed by atoms with Crippen LogP contribution in [0.2, 0.25) is 18.6 Å². The Morgan fingerprint density at radius 3 is 2.27 bits per heavy atom. The van der Waals surface area contributed by atoms with Gasteiger partial charge in [-0.15, -0.1) is 0 Å². The lowest BCUT2D eigenvalue weighted by atomic mass is 9.82. The standard InChI is InChI=1S/C49H53N3O7Si/c1-33-47(60(4,5)40-22-19-38(57-2)20-23-40)44(30-46(55)50(26-27-53)31-34-12-7-6-8-13-34)59-49(33)41-29-39(58-3)21-24-43(41)51(48(49)56)32-35-14-11-16-37(28-35)52-42-17-10-9-15-36(42)18-25-45(52)54/h6-17,19-24,28-29,33,44,47,53H,18,25-27,30-32H2,1-5H3/t33-,44+,47-,49+/m1/s1. The summed E-state index contributed by atoms with van der Waals surface area (Å²) >= 11 is 0. The number of hydrogen-bond donors (Lipinski definition) is 1. The molecule has 3 amide bonds. The molecule has 8 rings (SSSR count). The van der Waals surface area contributed by atoms with Crippen LogP contribution in [-0.2, 0) is 44.2 Å². The molecule has 310 valence electrons. The number of nitrogens with zero attached hydrogens (tertiary/aromatic N) is 3. The zero-order valence-corrected chi connectivity index (χ0v) is 36.0. The maximum atomic E-state index is 15.6. The number of para-hydroxylation sites is 1. The minimum atomic E-state index is -2.57. The first-order valence-corrected chi connectivity index (χ1v) is 23.8. The molecule has 10 nitrogen and oxygen atoms in total. The Balaban J connectivity index is 1.19. The third-order valence-corrected chi connectivity index (χ3v) is 17.3. The van der Waals surface area contributed by atoms with Gasteiger partial charge in [0.25, 0.3) is 5.91 Å². The number of carbonyl (C=O) groups is 3. The Morgan fingerprint density at radius 1 is 0.833 bits per heavy atom. The number of hydrogen-bond acceptors (Lipinski definition) is 7. The van der Waals surface area contributed by atoms with Crippen molar-refractivity contribution >= 4 is 48.0 Å². The van der Waals surface area contributed by atoms with Gasteiger partial charge in [-0.1, -0.05) is 98.0 Å². The highest BCUT2D eigenvalue weighted by Crippen LogP contribution is 2.60. The summed E-state index contributed by atoms with van der Waals surface area (Å²) in [6.45, 7) is 7.26. The van der Waals surface area contributed by atoms with Crippen LogP contribution in [-0.4, -0.2) is 69.3 Å². The molecule has 1 saturated heterocycles. The van der Waals surface area contributed by atoms with Crippen LogP contribution in [0.15, 0.2) is 121 Å². The van der Waals surface area contributed by atoms with Gasteiger partial charge in [0.1, 0.15) is 11.5 Å². The van der Waals surface area contributed by atoms with E-state index in [1.807, 2.05) is 103 Å². The summed E-state index contributed by atoms with van der Waals surface area (Å²) < 4.78 is 18.6. The quantitative estimate of drug-likeness (QED) is 0.123. The number of methoxy groups -OCH3 is 2. The Labute approximate surface area is 353 Å². The van der Waals surface area contributed by atoms with Crippen molar-refractivity contribution < 1.29 is 33.7 Å². The third-order valence-electron chi connectivity index (χ3n) is 13.0. The largest absolute Gasteiger partial charge is 0.497 e. The SMILES string of the molecule is COc1ccc([Si](C)(C)[C@H]2[C@H](CC(=O)N(CCO)Cc3ccccc3)O[C@@]3(C(=O)N(Cc4cccc(N5C(=O)CCc6ccccc65)c4)c4ccc(OC)cc43)[C@@H]2C)cc1. The van der Waals surface area contributed by atoms with Crippen LogP contribution in [0.4, 0.5) is 17.1 Å². The second-order valence-electron chi connectivity index (χ2n) is 16.7. The van der Waals surface area contributed by atoms with Gasteiger partial charge < -0.3 is 29.1 Å². The average Bonchev–Trinajstić information content (AvgIpc) is 3.69. The molecule has 60 heavy (non-hydrogen) atoms. The molecule has 5 aromatic carbocycles. The van der Waals surface area contributed by atoms with Gasteiger partial charge >= 0.3 is 0 Å². The van der Waals surface area contributed by atoms with E-state index < -0.39 is 19.8 Å². The monoisotopic (exact) mass is 823 g/mol. The Bertz CT molecular complexity index is 2390. The molecule has 3 heterocycles. The fraction of sp³-hybridized carbons (Fsp3) is 0.327. The summed E-state index contributed by atoms with van der Waals surface area (Å²) in [5.41, 5.74) is 4.40. The normalized spacial score (nSPS) is 20.9. The minimum absolute atomic E-state index is 0.0317. The lowest BCUT2D eigenvalue weighted by molar-refractivity contribution is -0.150. The van der Waals surface area contributed by atoms with Crippen molar-refractivity contribution in [2.75, 3.05) is 37.2 Å². The molecule has 3 aliphatic rings. The van der Waals surface area contributed by atoms with Crippen LogP contribution >= 0.6 is 0 Å². The van der Waals surface area contributed by atoms with Gasteiger partial charge in [-0.25, -0.2) is 0 Å². The molecular weight excluding hydrogens is 771 g/mol. The highest BCUT2D eigenvalue weighted by Gasteiger charge is 2.66. The molecule has 3 aliphatic heterocycles. The number of ether oxygens (including phenoxy) is 3. The van der Waals surface area contributed by atoms with Crippen molar-refractivity contribution in [3.63, 3.8) is 0 Å². The molecule has 0 unspecified atom stereocenters. The number of rotatable bonds is 13. The Kier molecular flexibility index (Phi) is 11.4. The summed E-state index contributed by atoms with van der Waals surface area (Å²) in [5, 5.41) is 11.2. The number of benzene rings is 5. The molecule has 1 spiro atoms.